The Balaban J connectivity index is 1.65. The summed E-state index contributed by atoms with van der Waals surface area (Å²) in [4.78, 5) is 34.7. The SMILES string of the molecule is Cc1nc2sc3c(c2c(=O)n1CC(=O)N(C)C1CCCCC1)CCCC3. The molecular weight excluding hydrogens is 346 g/mol. The second-order valence-electron chi connectivity index (χ2n) is 7.74. The van der Waals surface area contributed by atoms with Crippen LogP contribution in [0, 0.1) is 6.92 Å². The van der Waals surface area contributed by atoms with Gasteiger partial charge in [-0.15, -0.1) is 11.3 Å². The van der Waals surface area contributed by atoms with E-state index in [0.29, 0.717) is 11.9 Å². The summed E-state index contributed by atoms with van der Waals surface area (Å²) < 4.78 is 1.59. The molecule has 0 saturated heterocycles. The molecule has 0 aromatic carbocycles. The molecule has 1 saturated carbocycles. The molecule has 0 atom stereocenters. The third-order valence-electron chi connectivity index (χ3n) is 6.07. The minimum atomic E-state index is -0.0303. The Morgan fingerprint density at radius 2 is 1.92 bits per heavy atom. The van der Waals surface area contributed by atoms with E-state index in [2.05, 4.69) is 4.98 Å². The van der Waals surface area contributed by atoms with E-state index < -0.39 is 0 Å². The van der Waals surface area contributed by atoms with Gasteiger partial charge in [-0.1, -0.05) is 19.3 Å². The molecule has 0 radical (unpaired) electrons. The van der Waals surface area contributed by atoms with Gasteiger partial charge in [0.1, 0.15) is 17.2 Å². The molecule has 140 valence electrons. The largest absolute Gasteiger partial charge is 0.341 e. The highest BCUT2D eigenvalue weighted by Gasteiger charge is 2.25. The van der Waals surface area contributed by atoms with Crippen LogP contribution in [0.25, 0.3) is 10.2 Å². The van der Waals surface area contributed by atoms with E-state index >= 15 is 0 Å². The van der Waals surface area contributed by atoms with Crippen LogP contribution in [0.3, 0.4) is 0 Å². The van der Waals surface area contributed by atoms with E-state index in [-0.39, 0.29) is 18.0 Å². The minimum absolute atomic E-state index is 0.0207. The van der Waals surface area contributed by atoms with E-state index in [1.54, 1.807) is 15.9 Å². The number of fused-ring (bicyclic) bond motifs is 3. The molecule has 2 aromatic rings. The van der Waals surface area contributed by atoms with Gasteiger partial charge in [-0.05, 0) is 51.0 Å². The van der Waals surface area contributed by atoms with Gasteiger partial charge in [0.05, 0.1) is 5.39 Å². The Hall–Kier alpha value is -1.69. The molecule has 26 heavy (non-hydrogen) atoms. The smallest absolute Gasteiger partial charge is 0.263 e. The van der Waals surface area contributed by atoms with Gasteiger partial charge >= 0.3 is 0 Å². The molecule has 5 nitrogen and oxygen atoms in total. The summed E-state index contributed by atoms with van der Waals surface area (Å²) in [6, 6.07) is 0.317. The summed E-state index contributed by atoms with van der Waals surface area (Å²) in [6.07, 6.45) is 10.1. The molecule has 4 rings (SSSR count). The van der Waals surface area contributed by atoms with E-state index in [0.717, 1.165) is 42.3 Å². The van der Waals surface area contributed by atoms with Crippen LogP contribution >= 0.6 is 11.3 Å². The number of likely N-dealkylation sites (N-methyl/N-ethyl adjacent to an activating group) is 1. The zero-order valence-corrected chi connectivity index (χ0v) is 16.5. The number of thiophene rings is 1. The van der Waals surface area contributed by atoms with Crippen LogP contribution < -0.4 is 5.56 Å². The molecule has 1 amide bonds. The van der Waals surface area contributed by atoms with Crippen LogP contribution in [0.15, 0.2) is 4.79 Å². The summed E-state index contributed by atoms with van der Waals surface area (Å²) >= 11 is 1.66. The van der Waals surface area contributed by atoms with Crippen LogP contribution in [-0.4, -0.2) is 33.4 Å². The summed E-state index contributed by atoms with van der Waals surface area (Å²) in [5.74, 6) is 0.666. The average molecular weight is 374 g/mol. The van der Waals surface area contributed by atoms with Crippen LogP contribution in [0.5, 0.6) is 0 Å². The number of amides is 1. The number of aromatic nitrogens is 2. The highest BCUT2D eigenvalue weighted by atomic mass is 32.1. The molecule has 0 N–H and O–H groups in total. The number of carbonyl (C=O) groups excluding carboxylic acids is 1. The van der Waals surface area contributed by atoms with Crippen molar-refractivity contribution in [1.29, 1.82) is 0 Å². The number of hydrogen-bond donors (Lipinski definition) is 0. The van der Waals surface area contributed by atoms with Crippen molar-refractivity contribution in [2.45, 2.75) is 77.3 Å². The lowest BCUT2D eigenvalue weighted by Gasteiger charge is -2.31. The number of aryl methyl sites for hydroxylation is 3. The molecule has 2 aromatic heterocycles. The van der Waals surface area contributed by atoms with Crippen molar-refractivity contribution < 1.29 is 4.79 Å². The Bertz CT molecular complexity index is 893. The molecule has 6 heteroatoms. The first-order valence-corrected chi connectivity index (χ1v) is 10.6. The van der Waals surface area contributed by atoms with Gasteiger partial charge in [-0.3, -0.25) is 14.2 Å². The second-order valence-corrected chi connectivity index (χ2v) is 8.82. The summed E-state index contributed by atoms with van der Waals surface area (Å²) in [5, 5.41) is 0.767. The highest BCUT2D eigenvalue weighted by molar-refractivity contribution is 7.18. The van der Waals surface area contributed by atoms with Gasteiger partial charge in [0.25, 0.3) is 5.56 Å². The zero-order valence-electron chi connectivity index (χ0n) is 15.7. The Labute approximate surface area is 158 Å². The minimum Gasteiger partial charge on any atom is -0.341 e. The molecule has 0 bridgehead atoms. The second kappa shape index (κ2) is 7.14. The van der Waals surface area contributed by atoms with Crippen LogP contribution in [0.2, 0.25) is 0 Å². The van der Waals surface area contributed by atoms with E-state index in [4.69, 9.17) is 0 Å². The molecule has 0 unspecified atom stereocenters. The van der Waals surface area contributed by atoms with Crippen LogP contribution in [0.1, 0.15) is 61.2 Å². The summed E-state index contributed by atoms with van der Waals surface area (Å²) in [6.45, 7) is 1.94. The quantitative estimate of drug-likeness (QED) is 0.828. The number of nitrogens with zero attached hydrogens (tertiary/aromatic N) is 3. The van der Waals surface area contributed by atoms with Crippen molar-refractivity contribution in [1.82, 2.24) is 14.5 Å². The lowest BCUT2D eigenvalue weighted by Crippen LogP contribution is -2.42. The summed E-state index contributed by atoms with van der Waals surface area (Å²) in [5.41, 5.74) is 1.16. The first kappa shape index (κ1) is 17.7. The number of carbonyl (C=O) groups is 1. The molecule has 1 fully saturated rings. The van der Waals surface area contributed by atoms with Crippen molar-refractivity contribution in [3.63, 3.8) is 0 Å². The Morgan fingerprint density at radius 3 is 2.69 bits per heavy atom. The number of hydrogen-bond acceptors (Lipinski definition) is 4. The predicted octanol–water partition coefficient (Wildman–Crippen LogP) is 3.44. The Kier molecular flexibility index (Phi) is 4.86. The fraction of sp³-hybridized carbons (Fsp3) is 0.650. The molecule has 2 heterocycles. The fourth-order valence-electron chi connectivity index (χ4n) is 4.44. The molecule has 0 spiro atoms. The van der Waals surface area contributed by atoms with Crippen molar-refractivity contribution in [3.8, 4) is 0 Å². The van der Waals surface area contributed by atoms with Crippen molar-refractivity contribution in [2.24, 2.45) is 0 Å². The van der Waals surface area contributed by atoms with Gasteiger partial charge in [0.15, 0.2) is 0 Å². The van der Waals surface area contributed by atoms with Crippen LogP contribution in [-0.2, 0) is 24.2 Å². The van der Waals surface area contributed by atoms with E-state index in [1.807, 2.05) is 18.9 Å². The van der Waals surface area contributed by atoms with Gasteiger partial charge in [-0.25, -0.2) is 4.98 Å². The van der Waals surface area contributed by atoms with Crippen molar-refractivity contribution >= 4 is 27.5 Å². The lowest BCUT2D eigenvalue weighted by atomic mass is 9.94. The first-order chi connectivity index (χ1) is 12.6. The van der Waals surface area contributed by atoms with Gasteiger partial charge in [-0.2, -0.15) is 0 Å². The lowest BCUT2D eigenvalue weighted by molar-refractivity contribution is -0.133. The fourth-order valence-corrected chi connectivity index (χ4v) is 5.74. The van der Waals surface area contributed by atoms with Crippen molar-refractivity contribution in [2.75, 3.05) is 7.05 Å². The molecular formula is C20H27N3O2S. The first-order valence-electron chi connectivity index (χ1n) is 9.83. The van der Waals surface area contributed by atoms with Crippen LogP contribution in [0.4, 0.5) is 0 Å². The van der Waals surface area contributed by atoms with Gasteiger partial charge < -0.3 is 4.90 Å². The van der Waals surface area contributed by atoms with E-state index in [1.165, 1.54) is 36.1 Å². The monoisotopic (exact) mass is 373 g/mol. The maximum Gasteiger partial charge on any atom is 0.263 e. The molecule has 2 aliphatic carbocycles. The molecule has 0 aliphatic heterocycles. The predicted molar refractivity (Wildman–Crippen MR) is 105 cm³/mol. The highest BCUT2D eigenvalue weighted by Crippen LogP contribution is 2.33. The molecule has 2 aliphatic rings. The maximum atomic E-state index is 13.2. The topological polar surface area (TPSA) is 55.2 Å². The third kappa shape index (κ3) is 3.08. The van der Waals surface area contributed by atoms with Gasteiger partial charge in [0, 0.05) is 18.0 Å². The van der Waals surface area contributed by atoms with Gasteiger partial charge in [0.2, 0.25) is 5.91 Å². The third-order valence-corrected chi connectivity index (χ3v) is 7.26. The number of rotatable bonds is 3. The zero-order chi connectivity index (χ0) is 18.3. The maximum absolute atomic E-state index is 13.2. The average Bonchev–Trinajstić information content (AvgIpc) is 3.03. The normalized spacial score (nSPS) is 18.1. The van der Waals surface area contributed by atoms with Crippen molar-refractivity contribution in [3.05, 3.63) is 26.6 Å². The summed E-state index contributed by atoms with van der Waals surface area (Å²) in [7, 11) is 1.89. The van der Waals surface area contributed by atoms with E-state index in [9.17, 15) is 9.59 Å². The standard InChI is InChI=1S/C20H27N3O2S/c1-13-21-19-18(15-10-6-7-11-16(15)26-19)20(25)23(13)12-17(24)22(2)14-8-4-3-5-9-14/h14H,3-12H2,1-2H3. The Morgan fingerprint density at radius 1 is 1.19 bits per heavy atom.